The van der Waals surface area contributed by atoms with Gasteiger partial charge >= 0.3 is 0 Å². The first-order valence-corrected chi connectivity index (χ1v) is 6.39. The number of carbonyl (C=O) groups excluding carboxylic acids is 1. The molecule has 0 aromatic heterocycles. The fourth-order valence-electron chi connectivity index (χ4n) is 1.62. The van der Waals surface area contributed by atoms with Gasteiger partial charge in [-0.3, -0.25) is 4.79 Å². The molecule has 2 aromatic rings. The van der Waals surface area contributed by atoms with Gasteiger partial charge in [-0.15, -0.1) is 0 Å². The Balaban J connectivity index is 2.15. The van der Waals surface area contributed by atoms with Crippen LogP contribution in [0, 0.1) is 0 Å². The van der Waals surface area contributed by atoms with Crippen molar-refractivity contribution in [3.63, 3.8) is 0 Å². The van der Waals surface area contributed by atoms with Gasteiger partial charge in [-0.1, -0.05) is 15.9 Å². The molecule has 0 spiro atoms. The van der Waals surface area contributed by atoms with Crippen LogP contribution >= 0.6 is 15.9 Å². The number of nitrogens with two attached hydrogens (primary N) is 1. The van der Waals surface area contributed by atoms with Crippen molar-refractivity contribution < 1.29 is 9.53 Å². The Morgan fingerprint density at radius 3 is 2.47 bits per heavy atom. The molecule has 0 fully saturated rings. The smallest absolute Gasteiger partial charge is 0.255 e. The van der Waals surface area contributed by atoms with E-state index >= 15 is 0 Å². The van der Waals surface area contributed by atoms with E-state index in [4.69, 9.17) is 10.5 Å². The van der Waals surface area contributed by atoms with E-state index in [0.717, 1.165) is 10.2 Å². The van der Waals surface area contributed by atoms with Crippen LogP contribution in [-0.4, -0.2) is 13.0 Å². The average molecular weight is 321 g/mol. The first-order valence-electron chi connectivity index (χ1n) is 5.60. The van der Waals surface area contributed by atoms with Crippen LogP contribution in [0.3, 0.4) is 0 Å². The summed E-state index contributed by atoms with van der Waals surface area (Å²) in [6.45, 7) is 0. The highest BCUT2D eigenvalue weighted by Gasteiger charge is 2.07. The van der Waals surface area contributed by atoms with Gasteiger partial charge in [0.15, 0.2) is 0 Å². The maximum absolute atomic E-state index is 12.1. The van der Waals surface area contributed by atoms with Crippen LogP contribution in [0.4, 0.5) is 11.4 Å². The molecule has 0 heterocycles. The molecule has 1 amide bonds. The molecule has 0 aliphatic heterocycles. The van der Waals surface area contributed by atoms with Gasteiger partial charge in [-0.25, -0.2) is 0 Å². The van der Waals surface area contributed by atoms with Gasteiger partial charge in [0.25, 0.3) is 5.91 Å². The van der Waals surface area contributed by atoms with Crippen molar-refractivity contribution in [3.8, 4) is 5.75 Å². The molecule has 0 saturated heterocycles. The number of hydrogen-bond acceptors (Lipinski definition) is 3. The predicted octanol–water partition coefficient (Wildman–Crippen LogP) is 3.29. The van der Waals surface area contributed by atoms with E-state index in [2.05, 4.69) is 21.2 Å². The molecule has 0 saturated carbocycles. The molecule has 4 nitrogen and oxygen atoms in total. The summed E-state index contributed by atoms with van der Waals surface area (Å²) in [5.41, 5.74) is 7.44. The number of anilines is 2. The van der Waals surface area contributed by atoms with Crippen LogP contribution in [0.15, 0.2) is 46.9 Å². The molecular weight excluding hydrogens is 308 g/mol. The van der Waals surface area contributed by atoms with Crippen LogP contribution in [0.25, 0.3) is 0 Å². The second kappa shape index (κ2) is 5.75. The number of rotatable bonds is 3. The van der Waals surface area contributed by atoms with Crippen molar-refractivity contribution in [2.24, 2.45) is 0 Å². The summed E-state index contributed by atoms with van der Waals surface area (Å²) < 4.78 is 5.83. The second-order valence-electron chi connectivity index (χ2n) is 3.96. The molecule has 19 heavy (non-hydrogen) atoms. The van der Waals surface area contributed by atoms with E-state index in [1.165, 1.54) is 0 Å². The summed E-state index contributed by atoms with van der Waals surface area (Å²) in [5, 5.41) is 2.79. The molecule has 0 unspecified atom stereocenters. The Hall–Kier alpha value is -2.01. The summed E-state index contributed by atoms with van der Waals surface area (Å²) in [6.07, 6.45) is 0. The van der Waals surface area contributed by atoms with Crippen LogP contribution in [0.2, 0.25) is 0 Å². The first kappa shape index (κ1) is 13.4. The standard InChI is InChI=1S/C14H13BrN2O2/c1-19-13-4-2-12(3-5-13)17-14(18)9-6-10(15)8-11(16)7-9/h2-8H,16H2,1H3,(H,17,18). The summed E-state index contributed by atoms with van der Waals surface area (Å²) in [5.74, 6) is 0.530. The number of nitrogen functional groups attached to an aromatic ring is 1. The van der Waals surface area contributed by atoms with E-state index in [9.17, 15) is 4.79 Å². The minimum Gasteiger partial charge on any atom is -0.497 e. The highest BCUT2D eigenvalue weighted by atomic mass is 79.9. The normalized spacial score (nSPS) is 10.0. The van der Waals surface area contributed by atoms with E-state index in [1.54, 1.807) is 49.6 Å². The molecule has 0 atom stereocenters. The number of amides is 1. The highest BCUT2D eigenvalue weighted by Crippen LogP contribution is 2.19. The van der Waals surface area contributed by atoms with Crippen molar-refractivity contribution in [2.75, 3.05) is 18.2 Å². The van der Waals surface area contributed by atoms with Gasteiger partial charge in [0.1, 0.15) is 5.75 Å². The third kappa shape index (κ3) is 3.48. The molecule has 98 valence electrons. The lowest BCUT2D eigenvalue weighted by Crippen LogP contribution is -2.12. The average Bonchev–Trinajstić information content (AvgIpc) is 2.38. The Labute approximate surface area is 119 Å². The molecule has 0 aliphatic carbocycles. The monoisotopic (exact) mass is 320 g/mol. The first-order chi connectivity index (χ1) is 9.08. The largest absolute Gasteiger partial charge is 0.497 e. The van der Waals surface area contributed by atoms with E-state index in [1.807, 2.05) is 0 Å². The lowest BCUT2D eigenvalue weighted by atomic mass is 10.2. The maximum atomic E-state index is 12.1. The lowest BCUT2D eigenvalue weighted by Gasteiger charge is -2.07. The number of hydrogen-bond donors (Lipinski definition) is 2. The van der Waals surface area contributed by atoms with Gasteiger partial charge in [-0.2, -0.15) is 0 Å². The number of nitrogens with one attached hydrogen (secondary N) is 1. The fraction of sp³-hybridized carbons (Fsp3) is 0.0714. The Bertz CT molecular complexity index is 577. The molecular formula is C14H13BrN2O2. The minimum absolute atomic E-state index is 0.210. The molecule has 2 rings (SSSR count). The predicted molar refractivity (Wildman–Crippen MR) is 79.5 cm³/mol. The van der Waals surface area contributed by atoms with Gasteiger partial charge in [0, 0.05) is 21.4 Å². The van der Waals surface area contributed by atoms with Crippen LogP contribution in [0.1, 0.15) is 10.4 Å². The molecule has 0 bridgehead atoms. The van der Waals surface area contributed by atoms with E-state index < -0.39 is 0 Å². The summed E-state index contributed by atoms with van der Waals surface area (Å²) in [7, 11) is 1.60. The van der Waals surface area contributed by atoms with Gasteiger partial charge in [0.05, 0.1) is 7.11 Å². The maximum Gasteiger partial charge on any atom is 0.255 e. The van der Waals surface area contributed by atoms with Crippen molar-refractivity contribution >= 4 is 33.2 Å². The summed E-state index contributed by atoms with van der Waals surface area (Å²) in [4.78, 5) is 12.1. The van der Waals surface area contributed by atoms with Gasteiger partial charge < -0.3 is 15.8 Å². The quantitative estimate of drug-likeness (QED) is 0.853. The molecule has 0 aliphatic rings. The molecule has 2 aromatic carbocycles. The fourth-order valence-corrected chi connectivity index (χ4v) is 2.13. The number of halogens is 1. The SMILES string of the molecule is COc1ccc(NC(=O)c2cc(N)cc(Br)c2)cc1. The zero-order valence-corrected chi connectivity index (χ0v) is 11.9. The van der Waals surface area contributed by atoms with Crippen molar-refractivity contribution in [1.29, 1.82) is 0 Å². The summed E-state index contributed by atoms with van der Waals surface area (Å²) >= 11 is 3.31. The number of methoxy groups -OCH3 is 1. The van der Waals surface area contributed by atoms with Gasteiger partial charge in [0.2, 0.25) is 0 Å². The van der Waals surface area contributed by atoms with Crippen molar-refractivity contribution in [1.82, 2.24) is 0 Å². The molecule has 5 heteroatoms. The number of carbonyl (C=O) groups is 1. The van der Waals surface area contributed by atoms with E-state index in [-0.39, 0.29) is 5.91 Å². The third-order valence-corrected chi connectivity index (χ3v) is 2.99. The Kier molecular flexibility index (Phi) is 4.06. The second-order valence-corrected chi connectivity index (χ2v) is 4.87. The highest BCUT2D eigenvalue weighted by molar-refractivity contribution is 9.10. The van der Waals surface area contributed by atoms with Gasteiger partial charge in [-0.05, 0) is 42.5 Å². The topological polar surface area (TPSA) is 64.3 Å². The number of ether oxygens (including phenoxy) is 1. The van der Waals surface area contributed by atoms with Crippen LogP contribution in [0.5, 0.6) is 5.75 Å². The Morgan fingerprint density at radius 1 is 1.21 bits per heavy atom. The molecule has 3 N–H and O–H groups in total. The lowest BCUT2D eigenvalue weighted by molar-refractivity contribution is 0.102. The third-order valence-electron chi connectivity index (χ3n) is 2.53. The molecule has 0 radical (unpaired) electrons. The zero-order chi connectivity index (χ0) is 13.8. The van der Waals surface area contributed by atoms with Crippen LogP contribution < -0.4 is 15.8 Å². The van der Waals surface area contributed by atoms with Crippen molar-refractivity contribution in [2.45, 2.75) is 0 Å². The Morgan fingerprint density at radius 2 is 1.89 bits per heavy atom. The summed E-state index contributed by atoms with van der Waals surface area (Å²) in [6, 6.07) is 12.2. The van der Waals surface area contributed by atoms with Crippen LogP contribution in [-0.2, 0) is 0 Å². The minimum atomic E-state index is -0.210. The van der Waals surface area contributed by atoms with Crippen molar-refractivity contribution in [3.05, 3.63) is 52.5 Å². The number of benzene rings is 2. The zero-order valence-electron chi connectivity index (χ0n) is 10.3. The van der Waals surface area contributed by atoms with E-state index in [0.29, 0.717) is 16.9 Å².